The van der Waals surface area contributed by atoms with Crippen molar-refractivity contribution < 1.29 is 4.79 Å². The Morgan fingerprint density at radius 1 is 1.20 bits per heavy atom. The Bertz CT molecular complexity index is 1120. The maximum absolute atomic E-state index is 13.3. The van der Waals surface area contributed by atoms with Crippen LogP contribution in [-0.4, -0.2) is 34.7 Å². The summed E-state index contributed by atoms with van der Waals surface area (Å²) < 4.78 is 1.16. The molecule has 1 amide bonds. The van der Waals surface area contributed by atoms with Crippen LogP contribution in [-0.2, 0) is 4.79 Å². The summed E-state index contributed by atoms with van der Waals surface area (Å²) in [5.74, 6) is 0.596. The Kier molecular flexibility index (Phi) is 5.13. The second-order valence-electron chi connectivity index (χ2n) is 8.31. The molecular weight excluding hydrogens is 392 g/mol. The van der Waals surface area contributed by atoms with E-state index in [4.69, 9.17) is 5.10 Å². The van der Waals surface area contributed by atoms with E-state index in [0.29, 0.717) is 5.92 Å². The number of thiazole rings is 1. The first-order chi connectivity index (χ1) is 14.6. The van der Waals surface area contributed by atoms with Crippen LogP contribution in [0.5, 0.6) is 0 Å². The predicted octanol–water partition coefficient (Wildman–Crippen LogP) is 4.67. The summed E-state index contributed by atoms with van der Waals surface area (Å²) in [6.07, 6.45) is 11.1. The molecule has 5 rings (SSSR count). The zero-order valence-electron chi connectivity index (χ0n) is 17.4. The molecule has 1 unspecified atom stereocenters. The van der Waals surface area contributed by atoms with E-state index in [-0.39, 0.29) is 11.8 Å². The number of hydrogen-bond donors (Lipinski definition) is 1. The summed E-state index contributed by atoms with van der Waals surface area (Å²) in [6, 6.07) is 6.31. The van der Waals surface area contributed by atoms with Crippen molar-refractivity contribution in [2.75, 3.05) is 13.1 Å². The van der Waals surface area contributed by atoms with Crippen LogP contribution in [0.2, 0.25) is 0 Å². The molecule has 1 aromatic heterocycles. The summed E-state index contributed by atoms with van der Waals surface area (Å²) in [5.41, 5.74) is 5.09. The van der Waals surface area contributed by atoms with E-state index in [1.165, 1.54) is 0 Å². The van der Waals surface area contributed by atoms with Gasteiger partial charge < -0.3 is 5.32 Å². The highest BCUT2D eigenvalue weighted by atomic mass is 32.1. The Morgan fingerprint density at radius 3 is 2.87 bits per heavy atom. The summed E-state index contributed by atoms with van der Waals surface area (Å²) in [4.78, 5) is 17.8. The molecule has 30 heavy (non-hydrogen) atoms. The molecular formula is C24H26N4OS. The van der Waals surface area contributed by atoms with Crippen molar-refractivity contribution in [3.05, 3.63) is 58.8 Å². The lowest BCUT2D eigenvalue weighted by Crippen LogP contribution is -2.35. The molecule has 0 spiro atoms. The number of fused-ring (bicyclic) bond motifs is 2. The van der Waals surface area contributed by atoms with Crippen molar-refractivity contribution in [2.24, 2.45) is 16.9 Å². The summed E-state index contributed by atoms with van der Waals surface area (Å²) in [7, 11) is 0. The first kappa shape index (κ1) is 19.4. The van der Waals surface area contributed by atoms with Gasteiger partial charge in [-0.3, -0.25) is 4.79 Å². The van der Waals surface area contributed by atoms with E-state index in [9.17, 15) is 4.79 Å². The second-order valence-corrected chi connectivity index (χ2v) is 9.55. The van der Waals surface area contributed by atoms with Crippen molar-refractivity contribution in [1.29, 1.82) is 0 Å². The number of nitrogens with one attached hydrogen (secondary N) is 1. The molecule has 3 aliphatic heterocycles. The lowest BCUT2D eigenvalue weighted by molar-refractivity contribution is -0.124. The molecule has 1 N–H and O–H groups in total. The third-order valence-electron chi connectivity index (χ3n) is 6.17. The molecule has 1 saturated heterocycles. The van der Waals surface area contributed by atoms with Crippen LogP contribution >= 0.6 is 11.3 Å². The van der Waals surface area contributed by atoms with Gasteiger partial charge in [0.15, 0.2) is 0 Å². The zero-order valence-corrected chi connectivity index (χ0v) is 18.2. The van der Waals surface area contributed by atoms with Gasteiger partial charge in [-0.05, 0) is 80.6 Å². The molecule has 1 atom stereocenters. The summed E-state index contributed by atoms with van der Waals surface area (Å²) in [6.45, 7) is 6.23. The van der Waals surface area contributed by atoms with E-state index in [1.807, 2.05) is 6.92 Å². The number of rotatable bonds is 2. The van der Waals surface area contributed by atoms with Gasteiger partial charge in [-0.1, -0.05) is 19.1 Å². The van der Waals surface area contributed by atoms with Gasteiger partial charge in [0.05, 0.1) is 26.6 Å². The number of amides is 1. The first-order valence-corrected chi connectivity index (χ1v) is 11.5. The molecule has 1 fully saturated rings. The molecule has 0 radical (unpaired) electrons. The molecule has 1 aromatic carbocycles. The maximum Gasteiger partial charge on any atom is 0.271 e. The molecule has 0 aliphatic carbocycles. The smallest absolute Gasteiger partial charge is 0.271 e. The molecule has 2 aromatic rings. The van der Waals surface area contributed by atoms with Gasteiger partial charge in [0.2, 0.25) is 0 Å². The van der Waals surface area contributed by atoms with E-state index in [1.54, 1.807) is 22.4 Å². The molecule has 5 nitrogen and oxygen atoms in total. The first-order valence-electron chi connectivity index (χ1n) is 10.7. The van der Waals surface area contributed by atoms with Crippen LogP contribution in [0.4, 0.5) is 0 Å². The Labute approximate surface area is 180 Å². The van der Waals surface area contributed by atoms with Crippen molar-refractivity contribution in [3.63, 3.8) is 0 Å². The largest absolute Gasteiger partial charge is 0.317 e. The molecule has 6 heteroatoms. The number of hydrazone groups is 1. The number of carbonyl (C=O) groups is 1. The Balaban J connectivity index is 1.49. The van der Waals surface area contributed by atoms with Crippen LogP contribution in [0.3, 0.4) is 0 Å². The lowest BCUT2D eigenvalue weighted by Gasteiger charge is -2.29. The highest BCUT2D eigenvalue weighted by Crippen LogP contribution is 2.33. The molecule has 0 bridgehead atoms. The fourth-order valence-corrected chi connectivity index (χ4v) is 5.33. The van der Waals surface area contributed by atoms with E-state index < -0.39 is 0 Å². The van der Waals surface area contributed by atoms with Gasteiger partial charge in [-0.2, -0.15) is 10.1 Å². The molecule has 0 saturated carbocycles. The van der Waals surface area contributed by atoms with E-state index in [0.717, 1.165) is 70.1 Å². The van der Waals surface area contributed by atoms with Gasteiger partial charge in [-0.15, -0.1) is 11.3 Å². The van der Waals surface area contributed by atoms with Crippen LogP contribution in [0.1, 0.15) is 36.8 Å². The Morgan fingerprint density at radius 2 is 2.03 bits per heavy atom. The maximum atomic E-state index is 13.3. The van der Waals surface area contributed by atoms with Crippen molar-refractivity contribution in [2.45, 2.75) is 33.1 Å². The van der Waals surface area contributed by atoms with Crippen molar-refractivity contribution in [1.82, 2.24) is 15.3 Å². The SMILES string of the molecule is Cc1nc2ccc(C3=CC(=O)N4N=C(C5CCNCC5)C=CC4=CCC3C)cc2s1. The van der Waals surface area contributed by atoms with Gasteiger partial charge in [-0.25, -0.2) is 4.98 Å². The normalized spacial score (nSPS) is 22.9. The van der Waals surface area contributed by atoms with E-state index in [2.05, 4.69) is 53.7 Å². The van der Waals surface area contributed by atoms with Crippen LogP contribution < -0.4 is 5.32 Å². The molecule has 154 valence electrons. The number of hydrogen-bond acceptors (Lipinski definition) is 5. The topological polar surface area (TPSA) is 57.6 Å². The number of aromatic nitrogens is 1. The van der Waals surface area contributed by atoms with Crippen molar-refractivity contribution >= 4 is 38.7 Å². The Hall–Kier alpha value is -2.57. The third kappa shape index (κ3) is 3.66. The number of aryl methyl sites for hydroxylation is 1. The van der Waals surface area contributed by atoms with Gasteiger partial charge in [0.25, 0.3) is 5.91 Å². The predicted molar refractivity (Wildman–Crippen MR) is 123 cm³/mol. The number of nitrogens with zero attached hydrogens (tertiary/aromatic N) is 3. The number of allylic oxidation sites excluding steroid dienone is 4. The minimum absolute atomic E-state index is 0.0702. The third-order valence-corrected chi connectivity index (χ3v) is 7.10. The van der Waals surface area contributed by atoms with Gasteiger partial charge >= 0.3 is 0 Å². The van der Waals surface area contributed by atoms with Gasteiger partial charge in [0, 0.05) is 12.0 Å². The summed E-state index contributed by atoms with van der Waals surface area (Å²) >= 11 is 1.69. The molecule has 3 aliphatic rings. The lowest BCUT2D eigenvalue weighted by atomic mass is 9.89. The van der Waals surface area contributed by atoms with Crippen LogP contribution in [0.25, 0.3) is 15.8 Å². The summed E-state index contributed by atoms with van der Waals surface area (Å²) in [5, 5.41) is 10.8. The van der Waals surface area contributed by atoms with Gasteiger partial charge in [0.1, 0.15) is 0 Å². The van der Waals surface area contributed by atoms with Crippen LogP contribution in [0.15, 0.2) is 53.3 Å². The van der Waals surface area contributed by atoms with Crippen LogP contribution in [0, 0.1) is 18.8 Å². The van der Waals surface area contributed by atoms with E-state index >= 15 is 0 Å². The minimum Gasteiger partial charge on any atom is -0.317 e. The average molecular weight is 419 g/mol. The average Bonchev–Trinajstić information content (AvgIpc) is 3.14. The number of piperidine rings is 1. The monoisotopic (exact) mass is 418 g/mol. The highest BCUT2D eigenvalue weighted by Gasteiger charge is 2.26. The fourth-order valence-electron chi connectivity index (χ4n) is 4.46. The molecule has 4 heterocycles. The highest BCUT2D eigenvalue weighted by molar-refractivity contribution is 7.18. The fraction of sp³-hybridized carbons (Fsp3) is 0.375. The van der Waals surface area contributed by atoms with Crippen molar-refractivity contribution in [3.8, 4) is 0 Å². The minimum atomic E-state index is -0.0702. The quantitative estimate of drug-likeness (QED) is 0.771. The second kappa shape index (κ2) is 7.93. The standard InChI is InChI=1S/C24H26N4OS/c1-15-3-5-19-6-8-21(17-9-11-25-12-10-17)27-28(19)24(29)14-20(15)18-4-7-22-23(13-18)30-16(2)26-22/h4-8,13-15,17,25H,3,9-12H2,1-2H3. The number of benzene rings is 1. The zero-order chi connectivity index (χ0) is 20.7. The number of carbonyl (C=O) groups excluding carboxylic acids is 1.